The molecule has 2 aliphatic carbocycles. The zero-order chi connectivity index (χ0) is 24.1. The molecule has 1 N–H and O–H groups in total. The van der Waals surface area contributed by atoms with Crippen LogP contribution >= 0.6 is 0 Å². The van der Waals surface area contributed by atoms with E-state index in [9.17, 15) is 4.79 Å². The van der Waals surface area contributed by atoms with Crippen LogP contribution in [0.4, 0.5) is 0 Å². The average Bonchev–Trinajstić information content (AvgIpc) is 2.73. The van der Waals surface area contributed by atoms with Gasteiger partial charge in [-0.3, -0.25) is 4.79 Å². The number of hydrogen-bond donors (Lipinski definition) is 1. The van der Waals surface area contributed by atoms with E-state index in [-0.39, 0.29) is 22.8 Å². The topological polar surface area (TPSA) is 32.3 Å². The lowest BCUT2D eigenvalue weighted by Crippen LogP contribution is -2.56. The van der Waals surface area contributed by atoms with Crippen LogP contribution in [-0.4, -0.2) is 36.5 Å². The van der Waals surface area contributed by atoms with Crippen molar-refractivity contribution < 1.29 is 4.79 Å². The molecular weight excluding hydrogens is 404 g/mol. The number of benzene rings is 1. The Bertz CT molecular complexity index is 758. The van der Waals surface area contributed by atoms with E-state index >= 15 is 0 Å². The van der Waals surface area contributed by atoms with Gasteiger partial charge in [-0.2, -0.15) is 0 Å². The Morgan fingerprint density at radius 2 is 1.67 bits per heavy atom. The molecule has 3 unspecified atom stereocenters. The second kappa shape index (κ2) is 10.9. The van der Waals surface area contributed by atoms with Crippen molar-refractivity contribution in [2.45, 2.75) is 111 Å². The highest BCUT2D eigenvalue weighted by Gasteiger charge is 2.56. The molecule has 0 aliphatic heterocycles. The lowest BCUT2D eigenvalue weighted by Gasteiger charge is -2.58. The first kappa shape index (κ1) is 26.3. The standard InChI is InChI=1S/C30H50N2O/c1-7-15-28(5)18-25-19-29(6,23-30(20-25,22-28)26-13-11-10-12-14-26)27(33)31-24(4)21-32(16-8-2)17-9-3/h10-14,24-25H,7-9,15-23H2,1-6H3,(H,31,33)/t24-,25?,28+,29?,30?/m1/s1. The summed E-state index contributed by atoms with van der Waals surface area (Å²) < 4.78 is 0. The summed E-state index contributed by atoms with van der Waals surface area (Å²) in [6, 6.07) is 11.3. The number of rotatable bonds is 11. The summed E-state index contributed by atoms with van der Waals surface area (Å²) in [6.45, 7) is 16.9. The molecule has 1 aromatic carbocycles. The Morgan fingerprint density at radius 3 is 2.27 bits per heavy atom. The lowest BCUT2D eigenvalue weighted by molar-refractivity contribution is -0.138. The second-order valence-electron chi connectivity index (χ2n) is 12.3. The van der Waals surface area contributed by atoms with Gasteiger partial charge < -0.3 is 10.2 Å². The van der Waals surface area contributed by atoms with Gasteiger partial charge in [0.25, 0.3) is 0 Å². The predicted molar refractivity (Wildman–Crippen MR) is 140 cm³/mol. The van der Waals surface area contributed by atoms with Crippen molar-refractivity contribution in [1.29, 1.82) is 0 Å². The number of nitrogens with one attached hydrogen (secondary N) is 1. The number of hydrogen-bond acceptors (Lipinski definition) is 2. The van der Waals surface area contributed by atoms with E-state index in [1.165, 1.54) is 37.7 Å². The van der Waals surface area contributed by atoms with Crippen molar-refractivity contribution in [3.05, 3.63) is 35.9 Å². The zero-order valence-corrected chi connectivity index (χ0v) is 22.4. The molecule has 0 spiro atoms. The van der Waals surface area contributed by atoms with E-state index in [1.54, 1.807) is 0 Å². The number of amides is 1. The van der Waals surface area contributed by atoms with Crippen LogP contribution in [0, 0.1) is 16.7 Å². The van der Waals surface area contributed by atoms with Crippen LogP contribution in [0.25, 0.3) is 0 Å². The third-order valence-corrected chi connectivity index (χ3v) is 8.47. The number of nitrogens with zero attached hydrogens (tertiary/aromatic N) is 1. The Labute approximate surface area is 204 Å². The third kappa shape index (κ3) is 6.21. The van der Waals surface area contributed by atoms with Crippen molar-refractivity contribution >= 4 is 5.91 Å². The first-order valence-corrected chi connectivity index (χ1v) is 13.8. The smallest absolute Gasteiger partial charge is 0.226 e. The molecule has 0 saturated heterocycles. The van der Waals surface area contributed by atoms with Crippen LogP contribution in [0.1, 0.15) is 105 Å². The van der Waals surface area contributed by atoms with Gasteiger partial charge in [-0.25, -0.2) is 0 Å². The van der Waals surface area contributed by atoms with Gasteiger partial charge in [0.1, 0.15) is 0 Å². The Hall–Kier alpha value is -1.35. The minimum absolute atomic E-state index is 0.123. The van der Waals surface area contributed by atoms with Crippen molar-refractivity contribution in [3.63, 3.8) is 0 Å². The molecule has 2 fully saturated rings. The Kier molecular flexibility index (Phi) is 8.70. The summed E-state index contributed by atoms with van der Waals surface area (Å²) in [5, 5.41) is 3.46. The molecule has 0 aromatic heterocycles. The summed E-state index contributed by atoms with van der Waals surface area (Å²) in [4.78, 5) is 16.3. The molecule has 0 heterocycles. The first-order chi connectivity index (χ1) is 15.7. The van der Waals surface area contributed by atoms with E-state index < -0.39 is 0 Å². The molecule has 2 bridgehead atoms. The molecule has 2 saturated carbocycles. The average molecular weight is 455 g/mol. The van der Waals surface area contributed by atoms with E-state index in [1.807, 2.05) is 0 Å². The van der Waals surface area contributed by atoms with Crippen LogP contribution < -0.4 is 5.32 Å². The minimum atomic E-state index is -0.291. The molecule has 1 aromatic rings. The largest absolute Gasteiger partial charge is 0.352 e. The van der Waals surface area contributed by atoms with Gasteiger partial charge in [-0.05, 0) is 93.7 Å². The van der Waals surface area contributed by atoms with Crippen LogP contribution in [-0.2, 0) is 10.2 Å². The highest BCUT2D eigenvalue weighted by Crippen LogP contribution is 2.62. The van der Waals surface area contributed by atoms with E-state index in [4.69, 9.17) is 0 Å². The van der Waals surface area contributed by atoms with Crippen LogP contribution in [0.3, 0.4) is 0 Å². The molecule has 1 amide bonds. The molecule has 3 rings (SSSR count). The highest BCUT2D eigenvalue weighted by atomic mass is 16.2. The molecular formula is C30H50N2O. The number of carbonyl (C=O) groups excluding carboxylic acids is 1. The van der Waals surface area contributed by atoms with E-state index in [0.717, 1.165) is 45.3 Å². The second-order valence-corrected chi connectivity index (χ2v) is 12.3. The van der Waals surface area contributed by atoms with E-state index in [0.29, 0.717) is 11.3 Å². The summed E-state index contributed by atoms with van der Waals surface area (Å²) in [5.41, 5.74) is 1.68. The van der Waals surface area contributed by atoms with Crippen LogP contribution in [0.15, 0.2) is 30.3 Å². The van der Waals surface area contributed by atoms with Crippen molar-refractivity contribution in [1.82, 2.24) is 10.2 Å². The molecule has 0 radical (unpaired) electrons. The monoisotopic (exact) mass is 454 g/mol. The van der Waals surface area contributed by atoms with Crippen molar-refractivity contribution in [2.75, 3.05) is 19.6 Å². The maximum Gasteiger partial charge on any atom is 0.226 e. The SMILES string of the molecule is CCCN(CCC)C[C@@H](C)NC(=O)C1(C)CC2CC(c3ccccc3)(C1)C[C@@](C)(CCC)C2. The summed E-state index contributed by atoms with van der Waals surface area (Å²) >= 11 is 0. The fourth-order valence-electron chi connectivity index (χ4n) is 7.86. The zero-order valence-electron chi connectivity index (χ0n) is 22.4. The van der Waals surface area contributed by atoms with Gasteiger partial charge in [0.2, 0.25) is 5.91 Å². The molecule has 3 heteroatoms. The number of fused-ring (bicyclic) bond motifs is 2. The maximum atomic E-state index is 13.8. The van der Waals surface area contributed by atoms with Gasteiger partial charge in [0, 0.05) is 18.0 Å². The highest BCUT2D eigenvalue weighted by molar-refractivity contribution is 5.83. The first-order valence-electron chi connectivity index (χ1n) is 13.8. The Morgan fingerprint density at radius 1 is 1.00 bits per heavy atom. The summed E-state index contributed by atoms with van der Waals surface area (Å²) in [7, 11) is 0. The van der Waals surface area contributed by atoms with Crippen molar-refractivity contribution in [2.24, 2.45) is 16.7 Å². The third-order valence-electron chi connectivity index (χ3n) is 8.47. The summed E-state index contributed by atoms with van der Waals surface area (Å²) in [6.07, 6.45) is 10.6. The minimum Gasteiger partial charge on any atom is -0.352 e. The lowest BCUT2D eigenvalue weighted by atomic mass is 9.46. The fraction of sp³-hybridized carbons (Fsp3) is 0.767. The van der Waals surface area contributed by atoms with Gasteiger partial charge in [-0.15, -0.1) is 0 Å². The predicted octanol–water partition coefficient (Wildman–Crippen LogP) is 6.96. The van der Waals surface area contributed by atoms with Gasteiger partial charge >= 0.3 is 0 Å². The van der Waals surface area contributed by atoms with E-state index in [2.05, 4.69) is 82.1 Å². The maximum absolute atomic E-state index is 13.8. The van der Waals surface area contributed by atoms with Gasteiger partial charge in [-0.1, -0.05) is 71.4 Å². The van der Waals surface area contributed by atoms with Gasteiger partial charge in [0.15, 0.2) is 0 Å². The molecule has 3 nitrogen and oxygen atoms in total. The fourth-order valence-corrected chi connectivity index (χ4v) is 7.86. The summed E-state index contributed by atoms with van der Waals surface area (Å²) in [5.74, 6) is 0.916. The quantitative estimate of drug-likeness (QED) is 0.392. The molecule has 33 heavy (non-hydrogen) atoms. The van der Waals surface area contributed by atoms with Crippen molar-refractivity contribution in [3.8, 4) is 0 Å². The van der Waals surface area contributed by atoms with Gasteiger partial charge in [0.05, 0.1) is 0 Å². The molecule has 2 aliphatic rings. The van der Waals surface area contributed by atoms with Crippen LogP contribution in [0.2, 0.25) is 0 Å². The van der Waals surface area contributed by atoms with Crippen LogP contribution in [0.5, 0.6) is 0 Å². The normalized spacial score (nSPS) is 32.5. The Balaban J connectivity index is 1.80. The molecule has 186 valence electrons. The molecule has 5 atom stereocenters. The number of carbonyl (C=O) groups is 1.